The van der Waals surface area contributed by atoms with Crippen LogP contribution < -0.4 is 10.2 Å². The average Bonchev–Trinajstić information content (AvgIpc) is 3.40. The van der Waals surface area contributed by atoms with Crippen molar-refractivity contribution >= 4 is 22.9 Å². The number of nitrogens with one attached hydrogen (secondary N) is 1. The van der Waals surface area contributed by atoms with E-state index in [9.17, 15) is 0 Å². The molecule has 0 spiro atoms. The Morgan fingerprint density at radius 2 is 1.87 bits per heavy atom. The van der Waals surface area contributed by atoms with E-state index in [1.807, 2.05) is 13.0 Å². The second-order valence-corrected chi connectivity index (χ2v) is 7.22. The highest BCUT2D eigenvalue weighted by Crippen LogP contribution is 2.27. The van der Waals surface area contributed by atoms with Gasteiger partial charge < -0.3 is 14.8 Å². The van der Waals surface area contributed by atoms with Gasteiger partial charge in [-0.3, -0.25) is 0 Å². The van der Waals surface area contributed by atoms with Crippen LogP contribution in [0.2, 0.25) is 0 Å². The van der Waals surface area contributed by atoms with Crippen LogP contribution in [-0.2, 0) is 6.54 Å². The summed E-state index contributed by atoms with van der Waals surface area (Å²) in [6, 6.07) is 2.05. The summed E-state index contributed by atoms with van der Waals surface area (Å²) in [5.41, 5.74) is 2.41. The van der Waals surface area contributed by atoms with Crippen LogP contribution in [0.3, 0.4) is 0 Å². The number of hydrogen-bond acceptors (Lipinski definition) is 9. The van der Waals surface area contributed by atoms with Crippen LogP contribution in [0.1, 0.15) is 19.2 Å². The van der Waals surface area contributed by atoms with Crippen molar-refractivity contribution in [3.8, 4) is 11.4 Å². The van der Waals surface area contributed by atoms with Crippen molar-refractivity contribution in [2.45, 2.75) is 32.9 Å². The van der Waals surface area contributed by atoms with Crippen LogP contribution in [0.15, 0.2) is 37.2 Å². The molecule has 0 bridgehead atoms. The van der Waals surface area contributed by atoms with Crippen LogP contribution in [0.5, 0.6) is 0 Å². The molecule has 4 aromatic heterocycles. The lowest BCUT2D eigenvalue weighted by molar-refractivity contribution is 0.783. The summed E-state index contributed by atoms with van der Waals surface area (Å²) in [7, 11) is 0. The molecule has 0 aliphatic carbocycles. The summed E-state index contributed by atoms with van der Waals surface area (Å²) < 4.78 is 2.06. The van der Waals surface area contributed by atoms with Crippen molar-refractivity contribution in [2.75, 3.05) is 23.3 Å². The number of imidazole rings is 1. The molecule has 10 heteroatoms. The lowest BCUT2D eigenvalue weighted by Crippen LogP contribution is -2.27. The Kier molecular flexibility index (Phi) is 4.66. The molecule has 0 saturated carbocycles. The van der Waals surface area contributed by atoms with E-state index in [1.165, 1.54) is 0 Å². The quantitative estimate of drug-likeness (QED) is 0.536. The molecule has 1 aliphatic rings. The Balaban J connectivity index is 1.45. The third-order valence-corrected chi connectivity index (χ3v) is 5.25. The SMILES string of the molecule is CCn1c(-c2cnc(C)nc2)nc2c(N[C@H]3CCN(c4ncccn4)C3)ncnc21. The minimum Gasteiger partial charge on any atom is -0.364 e. The second-order valence-electron chi connectivity index (χ2n) is 7.22. The largest absolute Gasteiger partial charge is 0.364 e. The van der Waals surface area contributed by atoms with Crippen molar-refractivity contribution in [1.82, 2.24) is 39.5 Å². The highest BCUT2D eigenvalue weighted by atomic mass is 15.3. The molecular weight excluding hydrogens is 380 g/mol. The first kappa shape index (κ1) is 18.3. The molecule has 5 rings (SSSR count). The maximum atomic E-state index is 4.86. The topological polar surface area (TPSA) is 110 Å². The zero-order valence-electron chi connectivity index (χ0n) is 16.9. The number of aryl methyl sites for hydroxylation is 2. The van der Waals surface area contributed by atoms with Crippen LogP contribution in [0.4, 0.5) is 11.8 Å². The first-order valence-corrected chi connectivity index (χ1v) is 10.0. The minimum atomic E-state index is 0.227. The summed E-state index contributed by atoms with van der Waals surface area (Å²) >= 11 is 0. The minimum absolute atomic E-state index is 0.227. The van der Waals surface area contributed by atoms with E-state index < -0.39 is 0 Å². The van der Waals surface area contributed by atoms with Crippen molar-refractivity contribution in [2.24, 2.45) is 0 Å². The average molecular weight is 402 g/mol. The monoisotopic (exact) mass is 402 g/mol. The summed E-state index contributed by atoms with van der Waals surface area (Å²) in [6.45, 7) is 6.38. The Morgan fingerprint density at radius 3 is 2.63 bits per heavy atom. The molecule has 152 valence electrons. The molecule has 0 amide bonds. The molecule has 10 nitrogen and oxygen atoms in total. The number of nitrogens with zero attached hydrogens (tertiary/aromatic N) is 9. The summed E-state index contributed by atoms with van der Waals surface area (Å²) in [4.78, 5) is 33.3. The fraction of sp³-hybridized carbons (Fsp3) is 0.350. The molecule has 1 fully saturated rings. The van der Waals surface area contributed by atoms with E-state index in [0.717, 1.165) is 66.2 Å². The van der Waals surface area contributed by atoms with E-state index in [1.54, 1.807) is 31.1 Å². The Bertz CT molecular complexity index is 1160. The van der Waals surface area contributed by atoms with Gasteiger partial charge in [-0.1, -0.05) is 0 Å². The van der Waals surface area contributed by atoms with Gasteiger partial charge in [0.15, 0.2) is 17.0 Å². The number of rotatable bonds is 5. The summed E-state index contributed by atoms with van der Waals surface area (Å²) in [6.07, 6.45) is 9.68. The van der Waals surface area contributed by atoms with Gasteiger partial charge in [-0.05, 0) is 26.3 Å². The Morgan fingerprint density at radius 1 is 1.07 bits per heavy atom. The number of aromatic nitrogens is 8. The molecule has 1 saturated heterocycles. The van der Waals surface area contributed by atoms with Crippen LogP contribution in [0.25, 0.3) is 22.6 Å². The fourth-order valence-electron chi connectivity index (χ4n) is 3.78. The number of anilines is 2. The van der Waals surface area contributed by atoms with Gasteiger partial charge in [0.25, 0.3) is 0 Å². The Hall–Kier alpha value is -3.69. The van der Waals surface area contributed by atoms with Gasteiger partial charge in [0.1, 0.15) is 18.0 Å². The highest BCUT2D eigenvalue weighted by Gasteiger charge is 2.26. The fourth-order valence-corrected chi connectivity index (χ4v) is 3.78. The molecule has 4 aromatic rings. The van der Waals surface area contributed by atoms with E-state index in [4.69, 9.17) is 4.98 Å². The van der Waals surface area contributed by atoms with Gasteiger partial charge in [-0.2, -0.15) is 0 Å². The zero-order valence-corrected chi connectivity index (χ0v) is 16.9. The van der Waals surface area contributed by atoms with E-state index >= 15 is 0 Å². The van der Waals surface area contributed by atoms with E-state index in [0.29, 0.717) is 0 Å². The second kappa shape index (κ2) is 7.62. The maximum absolute atomic E-state index is 4.86. The molecule has 0 radical (unpaired) electrons. The first-order chi connectivity index (χ1) is 14.7. The first-order valence-electron chi connectivity index (χ1n) is 10.0. The third-order valence-electron chi connectivity index (χ3n) is 5.25. The molecule has 1 N–H and O–H groups in total. The van der Waals surface area contributed by atoms with Crippen LogP contribution in [0, 0.1) is 6.92 Å². The highest BCUT2D eigenvalue weighted by molar-refractivity contribution is 5.86. The van der Waals surface area contributed by atoms with E-state index in [2.05, 4.69) is 51.6 Å². The number of hydrogen-bond donors (Lipinski definition) is 1. The van der Waals surface area contributed by atoms with Gasteiger partial charge in [-0.25, -0.2) is 34.9 Å². The molecule has 5 heterocycles. The standard InChI is InChI=1S/C20H22N10/c1-3-30-18(14-9-23-13(2)24-10-14)28-16-17(25-12-26-19(16)30)27-15-5-8-29(11-15)20-21-6-4-7-22-20/h4,6-7,9-10,12,15H,3,5,8,11H2,1-2H3,(H,25,26,27)/t15-/m0/s1. The predicted octanol–water partition coefficient (Wildman–Crippen LogP) is 2.09. The molecule has 0 unspecified atom stereocenters. The van der Waals surface area contributed by atoms with Crippen molar-refractivity contribution in [3.63, 3.8) is 0 Å². The molecule has 0 aromatic carbocycles. The van der Waals surface area contributed by atoms with Crippen molar-refractivity contribution in [1.29, 1.82) is 0 Å². The predicted molar refractivity (Wildman–Crippen MR) is 113 cm³/mol. The summed E-state index contributed by atoms with van der Waals surface area (Å²) in [5.74, 6) is 3.02. The molecule has 30 heavy (non-hydrogen) atoms. The normalized spacial score (nSPS) is 16.3. The third kappa shape index (κ3) is 3.30. The van der Waals surface area contributed by atoms with Gasteiger partial charge in [-0.15, -0.1) is 0 Å². The van der Waals surface area contributed by atoms with E-state index in [-0.39, 0.29) is 6.04 Å². The zero-order chi connectivity index (χ0) is 20.5. The van der Waals surface area contributed by atoms with Gasteiger partial charge in [0.2, 0.25) is 5.95 Å². The van der Waals surface area contributed by atoms with Crippen molar-refractivity contribution in [3.05, 3.63) is 43.0 Å². The van der Waals surface area contributed by atoms with Crippen molar-refractivity contribution < 1.29 is 0 Å². The van der Waals surface area contributed by atoms with Gasteiger partial charge in [0.05, 0.1) is 5.56 Å². The number of fused-ring (bicyclic) bond motifs is 1. The molecular formula is C20H22N10. The smallest absolute Gasteiger partial charge is 0.225 e. The maximum Gasteiger partial charge on any atom is 0.225 e. The summed E-state index contributed by atoms with van der Waals surface area (Å²) in [5, 5.41) is 3.55. The van der Waals surface area contributed by atoms with Gasteiger partial charge >= 0.3 is 0 Å². The lowest BCUT2D eigenvalue weighted by atomic mass is 10.2. The van der Waals surface area contributed by atoms with Gasteiger partial charge in [0, 0.05) is 50.5 Å². The molecule has 1 aliphatic heterocycles. The van der Waals surface area contributed by atoms with Crippen LogP contribution in [-0.4, -0.2) is 58.6 Å². The van der Waals surface area contributed by atoms with Crippen LogP contribution >= 0.6 is 0 Å². The Labute approximate surface area is 173 Å². The lowest BCUT2D eigenvalue weighted by Gasteiger charge is -2.16. The molecule has 1 atom stereocenters.